The fraction of sp³-hybridized carbons (Fsp3) is 0. The molecule has 0 fully saturated rings. The van der Waals surface area contributed by atoms with Crippen LogP contribution in [0, 0.1) is 0 Å². The Morgan fingerprint density at radius 2 is 1.02 bits per heavy atom. The summed E-state index contributed by atoms with van der Waals surface area (Å²) in [5.74, 6) is 0.647. The summed E-state index contributed by atoms with van der Waals surface area (Å²) in [6, 6.07) is 61.0. The lowest BCUT2D eigenvalue weighted by atomic mass is 9.99. The van der Waals surface area contributed by atoms with Crippen LogP contribution in [0.4, 0.5) is 0 Å². The molecule has 0 bridgehead atoms. The molecule has 0 saturated carbocycles. The number of benzene rings is 7. The lowest BCUT2D eigenvalue weighted by Crippen LogP contribution is -1.96. The Hall–Kier alpha value is -6.69. The van der Waals surface area contributed by atoms with Gasteiger partial charge in [-0.05, 0) is 64.7 Å². The first-order valence-electron chi connectivity index (χ1n) is 17.3. The number of fused-ring (bicyclic) bond motifs is 4. The Bertz CT molecular complexity index is 2860. The number of aromatic nitrogens is 3. The summed E-state index contributed by atoms with van der Waals surface area (Å²) in [6.07, 6.45) is 0. The summed E-state index contributed by atoms with van der Waals surface area (Å²) < 4.78 is 7.69. The number of furan rings is 1. The number of rotatable bonds is 6. The molecule has 0 spiro atoms. The average Bonchev–Trinajstić information content (AvgIpc) is 3.83. The monoisotopic (exact) mass is 683 g/mol. The van der Waals surface area contributed by atoms with Gasteiger partial charge in [0.25, 0.3) is 0 Å². The topological polar surface area (TPSA) is 51.8 Å². The summed E-state index contributed by atoms with van der Waals surface area (Å²) in [7, 11) is 0. The van der Waals surface area contributed by atoms with Crippen LogP contribution in [0.1, 0.15) is 0 Å². The van der Waals surface area contributed by atoms with Crippen molar-refractivity contribution in [3.8, 4) is 66.7 Å². The van der Waals surface area contributed by atoms with E-state index in [1.165, 1.54) is 10.3 Å². The van der Waals surface area contributed by atoms with Gasteiger partial charge in [0.2, 0.25) is 0 Å². The lowest BCUT2D eigenvalue weighted by molar-refractivity contribution is 0.669. The van der Waals surface area contributed by atoms with E-state index in [1.54, 1.807) is 11.3 Å². The molecule has 0 aliphatic rings. The van der Waals surface area contributed by atoms with Crippen LogP contribution in [0.25, 0.3) is 98.9 Å². The predicted octanol–water partition coefficient (Wildman–Crippen LogP) is 13.0. The zero-order valence-electron chi connectivity index (χ0n) is 27.9. The summed E-state index contributed by atoms with van der Waals surface area (Å²) in [6.45, 7) is 0. The standard InChI is InChI=1S/C47H29N3OS/c1-3-11-30(12-4-1)32-21-23-33(24-22-32)40-29-41(35-16-9-15-34(27-35)31-13-5-2-6-14-31)49-46(48-40)38-17-10-19-42-45(38)37-26-25-36(28-43(37)51-42)47-50-39-18-7-8-20-44(39)52-47/h1-29H. The maximum absolute atomic E-state index is 6.52. The Morgan fingerprint density at radius 3 is 1.81 bits per heavy atom. The van der Waals surface area contributed by atoms with Gasteiger partial charge in [-0.3, -0.25) is 0 Å². The van der Waals surface area contributed by atoms with Crippen LogP contribution < -0.4 is 0 Å². The Morgan fingerprint density at radius 1 is 0.404 bits per heavy atom. The quantitative estimate of drug-likeness (QED) is 0.175. The van der Waals surface area contributed by atoms with Crippen molar-refractivity contribution in [1.82, 2.24) is 15.0 Å². The minimum atomic E-state index is 0.647. The normalized spacial score (nSPS) is 11.5. The van der Waals surface area contributed by atoms with Gasteiger partial charge in [0.05, 0.1) is 21.6 Å². The second kappa shape index (κ2) is 12.6. The smallest absolute Gasteiger partial charge is 0.161 e. The van der Waals surface area contributed by atoms with Crippen LogP contribution in [0.2, 0.25) is 0 Å². The number of thiazole rings is 1. The zero-order valence-corrected chi connectivity index (χ0v) is 28.7. The Labute approximate surface area is 304 Å². The first kappa shape index (κ1) is 30.2. The summed E-state index contributed by atoms with van der Waals surface area (Å²) >= 11 is 1.69. The van der Waals surface area contributed by atoms with Gasteiger partial charge in [-0.2, -0.15) is 0 Å². The van der Waals surface area contributed by atoms with Crippen molar-refractivity contribution in [2.75, 3.05) is 0 Å². The van der Waals surface area contributed by atoms with Crippen molar-refractivity contribution in [3.05, 3.63) is 176 Å². The van der Waals surface area contributed by atoms with Gasteiger partial charge in [-0.1, -0.05) is 133 Å². The molecule has 10 rings (SSSR count). The summed E-state index contributed by atoms with van der Waals surface area (Å²) in [5, 5.41) is 2.98. The lowest BCUT2D eigenvalue weighted by Gasteiger charge is -2.12. The molecule has 10 aromatic rings. The van der Waals surface area contributed by atoms with Crippen molar-refractivity contribution in [1.29, 1.82) is 0 Å². The molecule has 3 aromatic heterocycles. The minimum absolute atomic E-state index is 0.647. The van der Waals surface area contributed by atoms with E-state index in [-0.39, 0.29) is 0 Å². The zero-order chi connectivity index (χ0) is 34.4. The van der Waals surface area contributed by atoms with E-state index in [4.69, 9.17) is 19.4 Å². The van der Waals surface area contributed by atoms with E-state index in [1.807, 2.05) is 30.3 Å². The van der Waals surface area contributed by atoms with E-state index in [9.17, 15) is 0 Å². The van der Waals surface area contributed by atoms with Gasteiger partial charge in [-0.15, -0.1) is 11.3 Å². The molecule has 0 N–H and O–H groups in total. The molecule has 4 nitrogen and oxygen atoms in total. The number of hydrogen-bond acceptors (Lipinski definition) is 5. The average molecular weight is 684 g/mol. The largest absolute Gasteiger partial charge is 0.456 e. The maximum atomic E-state index is 6.52. The van der Waals surface area contributed by atoms with Gasteiger partial charge in [0.1, 0.15) is 16.2 Å². The van der Waals surface area contributed by atoms with Crippen LogP contribution in [0.5, 0.6) is 0 Å². The Kier molecular flexibility index (Phi) is 7.29. The highest BCUT2D eigenvalue weighted by Gasteiger charge is 2.18. The van der Waals surface area contributed by atoms with Gasteiger partial charge < -0.3 is 4.42 Å². The third kappa shape index (κ3) is 5.45. The van der Waals surface area contributed by atoms with E-state index in [0.29, 0.717) is 5.82 Å². The van der Waals surface area contributed by atoms with Crippen molar-refractivity contribution in [2.45, 2.75) is 0 Å². The van der Waals surface area contributed by atoms with Crippen LogP contribution in [-0.4, -0.2) is 15.0 Å². The summed E-state index contributed by atoms with van der Waals surface area (Å²) in [4.78, 5) is 15.4. The molecule has 0 aliphatic heterocycles. The highest BCUT2D eigenvalue weighted by molar-refractivity contribution is 7.21. The molecule has 0 atom stereocenters. The Balaban J connectivity index is 1.13. The highest BCUT2D eigenvalue weighted by Crippen LogP contribution is 2.40. The molecule has 5 heteroatoms. The fourth-order valence-corrected chi connectivity index (χ4v) is 7.92. The van der Waals surface area contributed by atoms with Crippen LogP contribution >= 0.6 is 11.3 Å². The number of nitrogens with zero attached hydrogens (tertiary/aromatic N) is 3. The van der Waals surface area contributed by atoms with E-state index in [2.05, 4.69) is 146 Å². The molecular weight excluding hydrogens is 655 g/mol. The molecule has 0 unspecified atom stereocenters. The van der Waals surface area contributed by atoms with Gasteiger partial charge in [-0.25, -0.2) is 15.0 Å². The van der Waals surface area contributed by atoms with Crippen molar-refractivity contribution >= 4 is 43.5 Å². The van der Waals surface area contributed by atoms with E-state index < -0.39 is 0 Å². The summed E-state index contributed by atoms with van der Waals surface area (Å²) in [5.41, 5.74) is 13.0. The number of hydrogen-bond donors (Lipinski definition) is 0. The first-order chi connectivity index (χ1) is 25.7. The fourth-order valence-electron chi connectivity index (χ4n) is 6.96. The van der Waals surface area contributed by atoms with Crippen LogP contribution in [0.15, 0.2) is 180 Å². The molecule has 0 aliphatic carbocycles. The first-order valence-corrected chi connectivity index (χ1v) is 18.1. The van der Waals surface area contributed by atoms with Crippen molar-refractivity contribution in [3.63, 3.8) is 0 Å². The molecular formula is C47H29N3OS. The third-order valence-electron chi connectivity index (χ3n) is 9.56. The molecule has 7 aromatic carbocycles. The van der Waals surface area contributed by atoms with Gasteiger partial charge in [0.15, 0.2) is 5.82 Å². The second-order valence-electron chi connectivity index (χ2n) is 12.8. The molecule has 52 heavy (non-hydrogen) atoms. The van der Waals surface area contributed by atoms with Gasteiger partial charge in [0, 0.05) is 33.0 Å². The maximum Gasteiger partial charge on any atom is 0.161 e. The van der Waals surface area contributed by atoms with Crippen LogP contribution in [0.3, 0.4) is 0 Å². The SMILES string of the molecule is c1ccc(-c2ccc(-c3cc(-c4cccc(-c5ccccc5)c4)nc(-c4cccc5oc6cc(-c7nc8ccccc8s7)ccc6c45)n3)cc2)cc1. The molecule has 0 radical (unpaired) electrons. The third-order valence-corrected chi connectivity index (χ3v) is 10.6. The molecule has 0 saturated heterocycles. The molecule has 244 valence electrons. The minimum Gasteiger partial charge on any atom is -0.456 e. The predicted molar refractivity (Wildman–Crippen MR) is 215 cm³/mol. The molecule has 0 amide bonds. The van der Waals surface area contributed by atoms with Crippen LogP contribution in [-0.2, 0) is 0 Å². The van der Waals surface area contributed by atoms with E-state index in [0.717, 1.165) is 82.8 Å². The second-order valence-corrected chi connectivity index (χ2v) is 13.9. The van der Waals surface area contributed by atoms with Crippen molar-refractivity contribution < 1.29 is 4.42 Å². The van der Waals surface area contributed by atoms with Gasteiger partial charge >= 0.3 is 0 Å². The van der Waals surface area contributed by atoms with E-state index >= 15 is 0 Å². The molecule has 3 heterocycles. The number of para-hydroxylation sites is 1. The highest BCUT2D eigenvalue weighted by atomic mass is 32.1. The van der Waals surface area contributed by atoms with Crippen molar-refractivity contribution in [2.24, 2.45) is 0 Å².